The minimum atomic E-state index is -0.671. The van der Waals surface area contributed by atoms with Crippen molar-refractivity contribution in [1.29, 1.82) is 0 Å². The SMILES string of the molecule is CCCOc1ccc(C(O)=C2C(=O)C(=O)N(CCC[NH+](C)C)[C@@H]2c2cccnc2)cc1. The van der Waals surface area contributed by atoms with Gasteiger partial charge in [-0.2, -0.15) is 0 Å². The molecule has 0 bridgehead atoms. The minimum Gasteiger partial charge on any atom is -0.507 e. The molecule has 0 spiro atoms. The zero-order valence-electron chi connectivity index (χ0n) is 18.3. The molecule has 1 aliphatic rings. The number of ether oxygens (including phenoxy) is 1. The van der Waals surface area contributed by atoms with Crippen molar-refractivity contribution in [2.24, 2.45) is 0 Å². The van der Waals surface area contributed by atoms with E-state index in [1.807, 2.05) is 27.1 Å². The molecule has 31 heavy (non-hydrogen) atoms. The predicted molar refractivity (Wildman–Crippen MR) is 118 cm³/mol. The number of nitrogens with zero attached hydrogens (tertiary/aromatic N) is 2. The van der Waals surface area contributed by atoms with Crippen LogP contribution >= 0.6 is 0 Å². The molecule has 7 heteroatoms. The number of aliphatic hydroxyl groups excluding tert-OH is 1. The Balaban J connectivity index is 1.99. The number of pyridine rings is 1. The van der Waals surface area contributed by atoms with Gasteiger partial charge in [0.2, 0.25) is 0 Å². The number of Topliss-reactive ketones (excluding diaryl/α,β-unsaturated/α-hetero) is 1. The number of hydrogen-bond donors (Lipinski definition) is 2. The first kappa shape index (κ1) is 22.5. The van der Waals surface area contributed by atoms with E-state index in [0.29, 0.717) is 30.0 Å². The Labute approximate surface area is 183 Å². The van der Waals surface area contributed by atoms with E-state index in [0.717, 1.165) is 19.4 Å². The number of likely N-dealkylation sites (tertiary alicyclic amines) is 1. The topological polar surface area (TPSA) is 84.2 Å². The molecular formula is C24H30N3O4+. The number of aromatic nitrogens is 1. The molecule has 0 aliphatic carbocycles. The molecule has 1 amide bonds. The van der Waals surface area contributed by atoms with Crippen molar-refractivity contribution >= 4 is 17.4 Å². The van der Waals surface area contributed by atoms with E-state index in [4.69, 9.17) is 4.74 Å². The van der Waals surface area contributed by atoms with Crippen molar-refractivity contribution < 1.29 is 24.3 Å². The summed E-state index contributed by atoms with van der Waals surface area (Å²) < 4.78 is 5.59. The Morgan fingerprint density at radius 3 is 2.55 bits per heavy atom. The maximum atomic E-state index is 13.0. The lowest BCUT2D eigenvalue weighted by atomic mass is 9.96. The highest BCUT2D eigenvalue weighted by atomic mass is 16.5. The summed E-state index contributed by atoms with van der Waals surface area (Å²) >= 11 is 0. The zero-order chi connectivity index (χ0) is 22.4. The lowest BCUT2D eigenvalue weighted by molar-refractivity contribution is -0.858. The lowest BCUT2D eigenvalue weighted by Gasteiger charge is -2.25. The van der Waals surface area contributed by atoms with E-state index < -0.39 is 17.7 Å². The molecule has 1 aromatic heterocycles. The van der Waals surface area contributed by atoms with Gasteiger partial charge in [0.15, 0.2) is 0 Å². The van der Waals surface area contributed by atoms with Crippen LogP contribution < -0.4 is 9.64 Å². The molecule has 0 unspecified atom stereocenters. The number of ketones is 1. The molecular weight excluding hydrogens is 394 g/mol. The van der Waals surface area contributed by atoms with Crippen molar-refractivity contribution in [2.45, 2.75) is 25.8 Å². The van der Waals surface area contributed by atoms with E-state index in [1.165, 1.54) is 4.90 Å². The summed E-state index contributed by atoms with van der Waals surface area (Å²) in [7, 11) is 4.08. The number of rotatable bonds is 9. The van der Waals surface area contributed by atoms with Crippen LogP contribution in [0.5, 0.6) is 5.75 Å². The van der Waals surface area contributed by atoms with E-state index >= 15 is 0 Å². The molecule has 1 aliphatic heterocycles. The van der Waals surface area contributed by atoms with Crippen molar-refractivity contribution in [3.8, 4) is 5.75 Å². The molecule has 7 nitrogen and oxygen atoms in total. The summed E-state index contributed by atoms with van der Waals surface area (Å²) in [6, 6.07) is 9.82. The zero-order valence-corrected chi connectivity index (χ0v) is 18.3. The second-order valence-corrected chi connectivity index (χ2v) is 7.96. The standard InChI is InChI=1S/C24H29N3O4/c1-4-15-31-19-10-8-17(9-11-19)22(28)20-21(18-7-5-12-25-16-18)27(24(30)23(20)29)14-6-13-26(2)3/h5,7-12,16,21,28H,4,6,13-15H2,1-3H3/p+1/t21-/m1/s1. The van der Waals surface area contributed by atoms with Crippen LogP contribution in [0.2, 0.25) is 0 Å². The highest BCUT2D eigenvalue weighted by Crippen LogP contribution is 2.39. The molecule has 2 heterocycles. The third-order valence-electron chi connectivity index (χ3n) is 5.22. The van der Waals surface area contributed by atoms with Gasteiger partial charge in [0, 0.05) is 30.9 Å². The summed E-state index contributed by atoms with van der Waals surface area (Å²) in [6.07, 6.45) is 4.91. The van der Waals surface area contributed by atoms with Crippen molar-refractivity contribution in [1.82, 2.24) is 9.88 Å². The van der Waals surface area contributed by atoms with E-state index in [-0.39, 0.29) is 11.3 Å². The fraction of sp³-hybridized carbons (Fsp3) is 0.375. The van der Waals surface area contributed by atoms with Crippen LogP contribution in [0.25, 0.3) is 5.76 Å². The highest BCUT2D eigenvalue weighted by Gasteiger charge is 2.45. The van der Waals surface area contributed by atoms with E-state index in [9.17, 15) is 14.7 Å². The molecule has 1 aromatic carbocycles. The molecule has 1 atom stereocenters. The average Bonchev–Trinajstić information content (AvgIpc) is 3.03. The second-order valence-electron chi connectivity index (χ2n) is 7.96. The van der Waals surface area contributed by atoms with Crippen molar-refractivity contribution in [3.63, 3.8) is 0 Å². The van der Waals surface area contributed by atoms with Crippen molar-refractivity contribution in [2.75, 3.05) is 33.8 Å². The first-order valence-electron chi connectivity index (χ1n) is 10.6. The highest BCUT2D eigenvalue weighted by molar-refractivity contribution is 6.46. The second kappa shape index (κ2) is 10.2. The average molecular weight is 425 g/mol. The van der Waals surface area contributed by atoms with Gasteiger partial charge in [0.1, 0.15) is 11.5 Å². The van der Waals surface area contributed by atoms with Gasteiger partial charge in [-0.25, -0.2) is 0 Å². The number of hydrogen-bond acceptors (Lipinski definition) is 5. The summed E-state index contributed by atoms with van der Waals surface area (Å²) in [5, 5.41) is 11.1. The van der Waals surface area contributed by atoms with E-state index in [1.54, 1.807) is 47.6 Å². The maximum Gasteiger partial charge on any atom is 0.295 e. The quantitative estimate of drug-likeness (QED) is 0.365. The Morgan fingerprint density at radius 1 is 1.19 bits per heavy atom. The van der Waals surface area contributed by atoms with Crippen LogP contribution in [0.15, 0.2) is 54.4 Å². The Bertz CT molecular complexity index is 939. The number of carbonyl (C=O) groups excluding carboxylic acids is 2. The van der Waals surface area contributed by atoms with Gasteiger partial charge in [-0.3, -0.25) is 14.6 Å². The Hall–Kier alpha value is -3.19. The molecule has 2 aromatic rings. The lowest BCUT2D eigenvalue weighted by Crippen LogP contribution is -3.05. The largest absolute Gasteiger partial charge is 0.507 e. The van der Waals surface area contributed by atoms with Gasteiger partial charge in [-0.15, -0.1) is 0 Å². The fourth-order valence-electron chi connectivity index (χ4n) is 3.68. The number of nitrogens with one attached hydrogen (secondary N) is 1. The predicted octanol–water partition coefficient (Wildman–Crippen LogP) is 1.83. The number of amides is 1. The first-order chi connectivity index (χ1) is 14.9. The Morgan fingerprint density at radius 2 is 1.94 bits per heavy atom. The Kier molecular flexibility index (Phi) is 7.41. The molecule has 3 rings (SSSR count). The van der Waals surface area contributed by atoms with Crippen LogP contribution in [-0.4, -0.2) is 60.5 Å². The normalized spacial score (nSPS) is 18.1. The number of carbonyl (C=O) groups is 2. The third-order valence-corrected chi connectivity index (χ3v) is 5.22. The van der Waals surface area contributed by atoms with Gasteiger partial charge in [0.25, 0.3) is 11.7 Å². The summed E-state index contributed by atoms with van der Waals surface area (Å²) in [6.45, 7) is 3.92. The van der Waals surface area contributed by atoms with Gasteiger partial charge in [-0.1, -0.05) is 13.0 Å². The summed E-state index contributed by atoms with van der Waals surface area (Å²) in [4.78, 5) is 32.8. The number of aliphatic hydroxyl groups is 1. The van der Waals surface area contributed by atoms with Crippen LogP contribution in [0.3, 0.4) is 0 Å². The fourth-order valence-corrected chi connectivity index (χ4v) is 3.68. The van der Waals surface area contributed by atoms with Gasteiger partial charge in [-0.05, 0) is 42.3 Å². The number of quaternary nitrogens is 1. The molecule has 164 valence electrons. The maximum absolute atomic E-state index is 13.0. The van der Waals surface area contributed by atoms with Gasteiger partial charge < -0.3 is 19.6 Å². The van der Waals surface area contributed by atoms with Crippen LogP contribution in [0.4, 0.5) is 0 Å². The first-order valence-corrected chi connectivity index (χ1v) is 10.6. The molecule has 2 N–H and O–H groups in total. The van der Waals surface area contributed by atoms with Crippen LogP contribution in [-0.2, 0) is 9.59 Å². The molecule has 1 saturated heterocycles. The van der Waals surface area contributed by atoms with Crippen LogP contribution in [0, 0.1) is 0 Å². The number of benzene rings is 1. The smallest absolute Gasteiger partial charge is 0.295 e. The monoisotopic (exact) mass is 424 g/mol. The molecule has 1 fully saturated rings. The minimum absolute atomic E-state index is 0.0948. The molecule has 0 radical (unpaired) electrons. The summed E-state index contributed by atoms with van der Waals surface area (Å²) in [5.74, 6) is -0.759. The molecule has 0 saturated carbocycles. The van der Waals surface area contributed by atoms with Crippen molar-refractivity contribution in [3.05, 3.63) is 65.5 Å². The van der Waals surface area contributed by atoms with Gasteiger partial charge in [0.05, 0.1) is 38.9 Å². The van der Waals surface area contributed by atoms with Gasteiger partial charge >= 0.3 is 0 Å². The third kappa shape index (κ3) is 5.11. The van der Waals surface area contributed by atoms with E-state index in [2.05, 4.69) is 4.98 Å². The summed E-state index contributed by atoms with van der Waals surface area (Å²) in [5.41, 5.74) is 1.26. The van der Waals surface area contributed by atoms with Crippen LogP contribution in [0.1, 0.15) is 36.9 Å².